The minimum atomic E-state index is -4.43. The SMILES string of the molecule is CC(C)(C)c1ccc(OS(=O)(=O)O)cc1.[LiH]. The predicted molar refractivity (Wildman–Crippen MR) is 64.5 cm³/mol. The molecule has 0 fully saturated rings. The van der Waals surface area contributed by atoms with E-state index in [9.17, 15) is 8.42 Å². The molecule has 6 heteroatoms. The zero-order chi connectivity index (χ0) is 11.7. The number of rotatable bonds is 2. The molecular weight excluding hydrogens is 223 g/mol. The first-order valence-electron chi connectivity index (χ1n) is 4.46. The van der Waals surface area contributed by atoms with Crippen LogP contribution in [0.2, 0.25) is 0 Å². The van der Waals surface area contributed by atoms with E-state index in [1.807, 2.05) is 20.8 Å². The molecule has 0 atom stereocenters. The Morgan fingerprint density at radius 3 is 1.88 bits per heavy atom. The summed E-state index contributed by atoms with van der Waals surface area (Å²) in [6.45, 7) is 6.14. The second-order valence-corrected chi connectivity index (χ2v) is 5.31. The molecule has 0 spiro atoms. The van der Waals surface area contributed by atoms with E-state index in [-0.39, 0.29) is 30.0 Å². The van der Waals surface area contributed by atoms with E-state index in [2.05, 4.69) is 4.18 Å². The van der Waals surface area contributed by atoms with Crippen LogP contribution in [0.15, 0.2) is 24.3 Å². The predicted octanol–water partition coefficient (Wildman–Crippen LogP) is 1.52. The van der Waals surface area contributed by atoms with Gasteiger partial charge in [-0.1, -0.05) is 32.9 Å². The van der Waals surface area contributed by atoms with Crippen molar-refractivity contribution in [1.29, 1.82) is 0 Å². The zero-order valence-electron chi connectivity index (χ0n) is 8.89. The Bertz CT molecular complexity index is 431. The van der Waals surface area contributed by atoms with E-state index in [1.54, 1.807) is 12.1 Å². The summed E-state index contributed by atoms with van der Waals surface area (Å²) in [5.74, 6) is 0.102. The molecule has 0 aliphatic heterocycles. The first-order chi connectivity index (χ1) is 6.68. The third kappa shape index (κ3) is 5.04. The first kappa shape index (κ1) is 15.5. The molecule has 0 radical (unpaired) electrons. The van der Waals surface area contributed by atoms with E-state index in [4.69, 9.17) is 4.55 Å². The molecule has 0 saturated heterocycles. The Hall–Kier alpha value is -0.473. The molecule has 0 saturated carbocycles. The molecule has 86 valence electrons. The zero-order valence-corrected chi connectivity index (χ0v) is 9.71. The third-order valence-corrected chi connectivity index (χ3v) is 2.32. The molecule has 0 unspecified atom stereocenters. The normalized spacial score (nSPS) is 11.8. The van der Waals surface area contributed by atoms with Crippen molar-refractivity contribution in [3.05, 3.63) is 29.8 Å². The van der Waals surface area contributed by atoms with E-state index in [1.165, 1.54) is 12.1 Å². The Labute approximate surface area is 108 Å². The van der Waals surface area contributed by atoms with Gasteiger partial charge in [0, 0.05) is 0 Å². The molecule has 0 heterocycles. The van der Waals surface area contributed by atoms with E-state index >= 15 is 0 Å². The van der Waals surface area contributed by atoms with Gasteiger partial charge in [-0.25, -0.2) is 0 Å². The van der Waals surface area contributed by atoms with Crippen molar-refractivity contribution < 1.29 is 17.2 Å². The summed E-state index contributed by atoms with van der Waals surface area (Å²) < 4.78 is 33.6. The van der Waals surface area contributed by atoms with Crippen LogP contribution in [-0.4, -0.2) is 31.8 Å². The van der Waals surface area contributed by atoms with Crippen molar-refractivity contribution in [2.45, 2.75) is 26.2 Å². The molecule has 16 heavy (non-hydrogen) atoms. The Kier molecular flexibility index (Phi) is 5.08. The van der Waals surface area contributed by atoms with Crippen molar-refractivity contribution in [1.82, 2.24) is 0 Å². The molecule has 1 aromatic rings. The fraction of sp³-hybridized carbons (Fsp3) is 0.400. The summed E-state index contributed by atoms with van der Waals surface area (Å²) in [5, 5.41) is 0. The summed E-state index contributed by atoms with van der Waals surface area (Å²) in [6.07, 6.45) is 0. The summed E-state index contributed by atoms with van der Waals surface area (Å²) in [5.41, 5.74) is 1.06. The molecule has 1 rings (SSSR count). The summed E-state index contributed by atoms with van der Waals surface area (Å²) in [7, 11) is -4.43. The van der Waals surface area contributed by atoms with Crippen molar-refractivity contribution >= 4 is 29.3 Å². The van der Waals surface area contributed by atoms with Crippen molar-refractivity contribution in [2.24, 2.45) is 0 Å². The number of benzene rings is 1. The molecule has 0 aliphatic carbocycles. The number of hydrogen-bond donors (Lipinski definition) is 1. The monoisotopic (exact) mass is 238 g/mol. The fourth-order valence-electron chi connectivity index (χ4n) is 1.13. The second-order valence-electron chi connectivity index (χ2n) is 4.29. The van der Waals surface area contributed by atoms with E-state index in [0.717, 1.165) is 5.56 Å². The average Bonchev–Trinajstić information content (AvgIpc) is 2.00. The topological polar surface area (TPSA) is 63.6 Å². The maximum atomic E-state index is 10.4. The summed E-state index contributed by atoms with van der Waals surface area (Å²) in [6, 6.07) is 6.55. The second kappa shape index (κ2) is 5.24. The molecule has 0 aliphatic rings. The van der Waals surface area contributed by atoms with Crippen LogP contribution in [0.3, 0.4) is 0 Å². The van der Waals surface area contributed by atoms with Crippen molar-refractivity contribution in [2.75, 3.05) is 0 Å². The van der Waals surface area contributed by atoms with Crippen LogP contribution in [0.4, 0.5) is 0 Å². The quantitative estimate of drug-likeness (QED) is 0.626. The van der Waals surface area contributed by atoms with Gasteiger partial charge >= 0.3 is 29.3 Å². The van der Waals surface area contributed by atoms with Crippen LogP contribution < -0.4 is 4.18 Å². The molecule has 0 amide bonds. The summed E-state index contributed by atoms with van der Waals surface area (Å²) in [4.78, 5) is 0. The first-order valence-corrected chi connectivity index (χ1v) is 5.82. The Morgan fingerprint density at radius 1 is 1.12 bits per heavy atom. The molecule has 0 bridgehead atoms. The van der Waals surface area contributed by atoms with Crippen LogP contribution in [0.5, 0.6) is 5.75 Å². The van der Waals surface area contributed by atoms with Gasteiger partial charge in [0.15, 0.2) is 0 Å². The van der Waals surface area contributed by atoms with Gasteiger partial charge in [0.25, 0.3) is 0 Å². The van der Waals surface area contributed by atoms with Crippen molar-refractivity contribution in [3.8, 4) is 5.75 Å². The maximum absolute atomic E-state index is 10.4. The van der Waals surface area contributed by atoms with Gasteiger partial charge < -0.3 is 4.18 Å². The molecular formula is C10H15LiO4S. The summed E-state index contributed by atoms with van der Waals surface area (Å²) >= 11 is 0. The minimum absolute atomic E-state index is 0. The fourth-order valence-corrected chi connectivity index (χ4v) is 1.49. The van der Waals surface area contributed by atoms with Gasteiger partial charge in [-0.2, -0.15) is 8.42 Å². The van der Waals surface area contributed by atoms with Gasteiger partial charge in [0.05, 0.1) is 0 Å². The van der Waals surface area contributed by atoms with Gasteiger partial charge in [-0.05, 0) is 23.1 Å². The average molecular weight is 238 g/mol. The molecule has 1 N–H and O–H groups in total. The van der Waals surface area contributed by atoms with Gasteiger partial charge in [0.2, 0.25) is 0 Å². The van der Waals surface area contributed by atoms with Crippen LogP contribution in [0, 0.1) is 0 Å². The van der Waals surface area contributed by atoms with Gasteiger partial charge in [-0.15, -0.1) is 0 Å². The number of hydrogen-bond acceptors (Lipinski definition) is 3. The van der Waals surface area contributed by atoms with E-state index in [0.29, 0.717) is 0 Å². The molecule has 0 aromatic heterocycles. The Balaban J connectivity index is 0.00000225. The van der Waals surface area contributed by atoms with Crippen LogP contribution in [-0.2, 0) is 15.8 Å². The van der Waals surface area contributed by atoms with Crippen LogP contribution in [0.1, 0.15) is 26.3 Å². The van der Waals surface area contributed by atoms with E-state index < -0.39 is 10.4 Å². The van der Waals surface area contributed by atoms with Crippen LogP contribution in [0.25, 0.3) is 0 Å². The van der Waals surface area contributed by atoms with Crippen LogP contribution >= 0.6 is 0 Å². The van der Waals surface area contributed by atoms with Crippen molar-refractivity contribution in [3.63, 3.8) is 0 Å². The molecule has 1 aromatic carbocycles. The standard InChI is InChI=1S/C10H14O4S.Li.H/c1-10(2,3)8-4-6-9(7-5-8)14-15(11,12)13;;/h4-7H,1-3H3,(H,11,12,13);;. The van der Waals surface area contributed by atoms with Gasteiger partial charge in [0.1, 0.15) is 5.75 Å². The Morgan fingerprint density at radius 2 is 1.56 bits per heavy atom. The van der Waals surface area contributed by atoms with Gasteiger partial charge in [-0.3, -0.25) is 4.55 Å². The molecule has 4 nitrogen and oxygen atoms in total. The third-order valence-electron chi connectivity index (χ3n) is 1.92.